The molecule has 0 amide bonds. The molecule has 2 rings (SSSR count). The van der Waals surface area contributed by atoms with E-state index in [1.165, 1.54) is 64.2 Å². The average molecular weight is 211 g/mol. The van der Waals surface area contributed by atoms with Crippen LogP contribution < -0.4 is 5.73 Å². The first-order valence-electron chi connectivity index (χ1n) is 6.73. The number of hydrogen-bond donors (Lipinski definition) is 1. The summed E-state index contributed by atoms with van der Waals surface area (Å²) in [5.74, 6) is 0. The molecule has 0 saturated heterocycles. The van der Waals surface area contributed by atoms with Crippen LogP contribution >= 0.6 is 0 Å². The van der Waals surface area contributed by atoms with Gasteiger partial charge in [-0.25, -0.2) is 0 Å². The molecule has 0 unspecified atom stereocenters. The normalized spacial score (nSPS) is 27.8. The van der Waals surface area contributed by atoms with E-state index in [9.17, 15) is 0 Å². The Morgan fingerprint density at radius 1 is 0.933 bits per heavy atom. The summed E-state index contributed by atoms with van der Waals surface area (Å²) in [6, 6.07) is 0. The van der Waals surface area contributed by atoms with Crippen LogP contribution in [-0.4, -0.2) is 18.2 Å². The van der Waals surface area contributed by atoms with Crippen molar-refractivity contribution >= 4 is 0 Å². The van der Waals surface area contributed by atoms with Gasteiger partial charge in [0.15, 0.2) is 0 Å². The van der Waals surface area contributed by atoms with E-state index in [-0.39, 0.29) is 5.60 Å². The van der Waals surface area contributed by atoms with Gasteiger partial charge in [-0.2, -0.15) is 0 Å². The van der Waals surface area contributed by atoms with E-state index >= 15 is 0 Å². The maximum atomic E-state index is 6.34. The SMILES string of the molecule is NCC1(OC2CCCCCC2)CCCC1. The zero-order valence-corrected chi connectivity index (χ0v) is 9.84. The van der Waals surface area contributed by atoms with Gasteiger partial charge in [-0.1, -0.05) is 38.5 Å². The molecule has 0 heterocycles. The van der Waals surface area contributed by atoms with Crippen molar-refractivity contribution in [3.63, 3.8) is 0 Å². The van der Waals surface area contributed by atoms with Gasteiger partial charge in [-0.3, -0.25) is 0 Å². The highest BCUT2D eigenvalue weighted by atomic mass is 16.5. The second-order valence-electron chi connectivity index (χ2n) is 5.33. The van der Waals surface area contributed by atoms with Gasteiger partial charge in [0.25, 0.3) is 0 Å². The topological polar surface area (TPSA) is 35.2 Å². The molecule has 88 valence electrons. The third-order valence-electron chi connectivity index (χ3n) is 4.11. The van der Waals surface area contributed by atoms with Gasteiger partial charge in [0, 0.05) is 6.54 Å². The van der Waals surface area contributed by atoms with Crippen LogP contribution in [0.2, 0.25) is 0 Å². The highest BCUT2D eigenvalue weighted by Crippen LogP contribution is 2.35. The quantitative estimate of drug-likeness (QED) is 0.728. The average Bonchev–Trinajstić information content (AvgIpc) is 2.57. The van der Waals surface area contributed by atoms with Crippen molar-refractivity contribution < 1.29 is 4.74 Å². The minimum absolute atomic E-state index is 0.0645. The maximum Gasteiger partial charge on any atom is 0.0807 e. The van der Waals surface area contributed by atoms with E-state index < -0.39 is 0 Å². The lowest BCUT2D eigenvalue weighted by atomic mass is 10.0. The molecule has 2 heteroatoms. The number of nitrogens with two attached hydrogens (primary N) is 1. The predicted molar refractivity (Wildman–Crippen MR) is 62.8 cm³/mol. The first-order chi connectivity index (χ1) is 7.35. The predicted octanol–water partition coefficient (Wildman–Crippen LogP) is 3.00. The Morgan fingerprint density at radius 2 is 1.53 bits per heavy atom. The summed E-state index contributed by atoms with van der Waals surface area (Å²) in [4.78, 5) is 0. The summed E-state index contributed by atoms with van der Waals surface area (Å²) in [6.07, 6.45) is 13.5. The van der Waals surface area contributed by atoms with Crippen LogP contribution in [0.15, 0.2) is 0 Å². The zero-order valence-electron chi connectivity index (χ0n) is 9.84. The molecule has 0 aliphatic heterocycles. The number of hydrogen-bond acceptors (Lipinski definition) is 2. The monoisotopic (exact) mass is 211 g/mol. The van der Waals surface area contributed by atoms with Gasteiger partial charge in [0.05, 0.1) is 11.7 Å². The van der Waals surface area contributed by atoms with Gasteiger partial charge >= 0.3 is 0 Å². The lowest BCUT2D eigenvalue weighted by Crippen LogP contribution is -2.41. The van der Waals surface area contributed by atoms with E-state index in [0.29, 0.717) is 6.10 Å². The van der Waals surface area contributed by atoms with Crippen molar-refractivity contribution in [1.82, 2.24) is 0 Å². The summed E-state index contributed by atoms with van der Waals surface area (Å²) >= 11 is 0. The van der Waals surface area contributed by atoms with Crippen LogP contribution in [0.1, 0.15) is 64.2 Å². The highest BCUT2D eigenvalue weighted by Gasteiger charge is 2.35. The molecular formula is C13H25NO. The standard InChI is InChI=1S/C13H25NO/c14-11-13(9-5-6-10-13)15-12-7-3-1-2-4-8-12/h12H,1-11,14H2. The summed E-state index contributed by atoms with van der Waals surface area (Å²) < 4.78 is 6.34. The van der Waals surface area contributed by atoms with E-state index in [2.05, 4.69) is 0 Å². The van der Waals surface area contributed by atoms with E-state index in [1.807, 2.05) is 0 Å². The minimum atomic E-state index is 0.0645. The molecule has 0 radical (unpaired) electrons. The van der Waals surface area contributed by atoms with Crippen molar-refractivity contribution in [2.24, 2.45) is 5.73 Å². The Bertz CT molecular complexity index is 179. The molecule has 2 nitrogen and oxygen atoms in total. The molecule has 2 saturated carbocycles. The molecule has 0 aromatic carbocycles. The molecule has 0 bridgehead atoms. The molecule has 2 N–H and O–H groups in total. The first-order valence-corrected chi connectivity index (χ1v) is 6.73. The van der Waals surface area contributed by atoms with Gasteiger partial charge in [0.1, 0.15) is 0 Å². The first kappa shape index (κ1) is 11.4. The van der Waals surface area contributed by atoms with Gasteiger partial charge in [0.2, 0.25) is 0 Å². The Labute approximate surface area is 93.6 Å². The van der Waals surface area contributed by atoms with Crippen LogP contribution in [0.5, 0.6) is 0 Å². The van der Waals surface area contributed by atoms with E-state index in [0.717, 1.165) is 6.54 Å². The fourth-order valence-corrected chi connectivity index (χ4v) is 3.10. The summed E-state index contributed by atoms with van der Waals surface area (Å²) in [7, 11) is 0. The van der Waals surface area contributed by atoms with E-state index in [4.69, 9.17) is 10.5 Å². The molecule has 2 aliphatic carbocycles. The Hall–Kier alpha value is -0.0800. The van der Waals surface area contributed by atoms with Crippen molar-refractivity contribution in [2.45, 2.75) is 75.9 Å². The summed E-state index contributed by atoms with van der Waals surface area (Å²) in [5.41, 5.74) is 5.96. The van der Waals surface area contributed by atoms with Crippen LogP contribution in [0.25, 0.3) is 0 Å². The van der Waals surface area contributed by atoms with Crippen molar-refractivity contribution in [3.05, 3.63) is 0 Å². The fourth-order valence-electron chi connectivity index (χ4n) is 3.10. The van der Waals surface area contributed by atoms with Gasteiger partial charge < -0.3 is 10.5 Å². The Kier molecular flexibility index (Phi) is 4.04. The summed E-state index contributed by atoms with van der Waals surface area (Å²) in [5, 5.41) is 0. The van der Waals surface area contributed by atoms with Crippen LogP contribution in [0.4, 0.5) is 0 Å². The molecule has 0 spiro atoms. The smallest absolute Gasteiger partial charge is 0.0807 e. The fraction of sp³-hybridized carbons (Fsp3) is 1.00. The van der Waals surface area contributed by atoms with Crippen molar-refractivity contribution in [1.29, 1.82) is 0 Å². The van der Waals surface area contributed by atoms with Gasteiger partial charge in [-0.05, 0) is 25.7 Å². The van der Waals surface area contributed by atoms with Crippen molar-refractivity contribution in [2.75, 3.05) is 6.54 Å². The molecule has 2 fully saturated rings. The molecule has 2 aliphatic rings. The molecule has 0 atom stereocenters. The summed E-state index contributed by atoms with van der Waals surface area (Å²) in [6.45, 7) is 0.726. The molecular weight excluding hydrogens is 186 g/mol. The second-order valence-corrected chi connectivity index (χ2v) is 5.33. The molecule has 0 aromatic rings. The molecule has 0 aromatic heterocycles. The molecule has 15 heavy (non-hydrogen) atoms. The Balaban J connectivity index is 1.87. The third-order valence-corrected chi connectivity index (χ3v) is 4.11. The van der Waals surface area contributed by atoms with Crippen LogP contribution in [-0.2, 0) is 4.74 Å². The van der Waals surface area contributed by atoms with E-state index in [1.54, 1.807) is 0 Å². The Morgan fingerprint density at radius 3 is 2.07 bits per heavy atom. The number of rotatable bonds is 3. The number of ether oxygens (including phenoxy) is 1. The lowest BCUT2D eigenvalue weighted by molar-refractivity contribution is -0.0890. The van der Waals surface area contributed by atoms with Gasteiger partial charge in [-0.15, -0.1) is 0 Å². The van der Waals surface area contributed by atoms with Crippen LogP contribution in [0.3, 0.4) is 0 Å². The second kappa shape index (κ2) is 5.31. The van der Waals surface area contributed by atoms with Crippen LogP contribution in [0, 0.1) is 0 Å². The lowest BCUT2D eigenvalue weighted by Gasteiger charge is -2.32. The maximum absolute atomic E-state index is 6.34. The largest absolute Gasteiger partial charge is 0.370 e. The highest BCUT2D eigenvalue weighted by molar-refractivity contribution is 4.88. The van der Waals surface area contributed by atoms with Crippen molar-refractivity contribution in [3.8, 4) is 0 Å². The zero-order chi connectivity index (χ0) is 10.6. The minimum Gasteiger partial charge on any atom is -0.370 e. The third kappa shape index (κ3) is 2.94.